The molecular formula is C15H24N2O. The van der Waals surface area contributed by atoms with Gasteiger partial charge in [-0.1, -0.05) is 17.7 Å². The van der Waals surface area contributed by atoms with Gasteiger partial charge in [-0.05, 0) is 38.9 Å². The molecule has 3 nitrogen and oxygen atoms in total. The van der Waals surface area contributed by atoms with E-state index in [1.807, 2.05) is 0 Å². The minimum atomic E-state index is 0.233. The summed E-state index contributed by atoms with van der Waals surface area (Å²) in [6.45, 7) is 9.71. The Kier molecular flexibility index (Phi) is 3.93. The molecule has 1 aliphatic rings. The van der Waals surface area contributed by atoms with Crippen molar-refractivity contribution >= 4 is 5.69 Å². The summed E-state index contributed by atoms with van der Waals surface area (Å²) in [5.41, 5.74) is 5.36. The lowest BCUT2D eigenvalue weighted by molar-refractivity contribution is 0.135. The van der Waals surface area contributed by atoms with Gasteiger partial charge in [-0.15, -0.1) is 0 Å². The number of aryl methyl sites for hydroxylation is 3. The molecule has 0 aliphatic carbocycles. The lowest BCUT2D eigenvalue weighted by Gasteiger charge is -2.41. The number of benzene rings is 1. The van der Waals surface area contributed by atoms with Crippen molar-refractivity contribution in [2.45, 2.75) is 26.8 Å². The summed E-state index contributed by atoms with van der Waals surface area (Å²) >= 11 is 0. The van der Waals surface area contributed by atoms with E-state index in [1.165, 1.54) is 22.4 Å². The zero-order chi connectivity index (χ0) is 13.3. The number of likely N-dealkylation sites (N-methyl/N-ethyl adjacent to an activating group) is 1. The highest BCUT2D eigenvalue weighted by atomic mass is 16.3. The Bertz CT molecular complexity index is 407. The number of anilines is 1. The molecule has 0 bridgehead atoms. The molecule has 0 amide bonds. The van der Waals surface area contributed by atoms with Crippen LogP contribution in [0.4, 0.5) is 5.69 Å². The van der Waals surface area contributed by atoms with Crippen LogP contribution < -0.4 is 4.90 Å². The molecule has 2 rings (SSSR count). The summed E-state index contributed by atoms with van der Waals surface area (Å²) in [5.74, 6) is 0. The van der Waals surface area contributed by atoms with Gasteiger partial charge in [-0.3, -0.25) is 4.90 Å². The van der Waals surface area contributed by atoms with Crippen molar-refractivity contribution in [1.29, 1.82) is 0 Å². The zero-order valence-electron chi connectivity index (χ0n) is 11.9. The van der Waals surface area contributed by atoms with Crippen LogP contribution in [0, 0.1) is 20.8 Å². The maximum atomic E-state index is 9.44. The molecule has 0 spiro atoms. The van der Waals surface area contributed by atoms with E-state index in [0.717, 1.165) is 19.6 Å². The van der Waals surface area contributed by atoms with Gasteiger partial charge in [-0.2, -0.15) is 0 Å². The molecule has 3 heteroatoms. The zero-order valence-corrected chi connectivity index (χ0v) is 11.9. The Hall–Kier alpha value is -1.06. The SMILES string of the molecule is Cc1cc(C)c(N2CCN(C)C(CO)C2)c(C)c1. The first kappa shape index (κ1) is 13.4. The fraction of sp³-hybridized carbons (Fsp3) is 0.600. The van der Waals surface area contributed by atoms with Crippen LogP contribution in [0.1, 0.15) is 16.7 Å². The Morgan fingerprint density at radius 3 is 2.33 bits per heavy atom. The second kappa shape index (κ2) is 5.29. The molecule has 0 aromatic heterocycles. The standard InChI is InChI=1S/C15H24N2O/c1-11-7-12(2)15(13(3)8-11)17-6-5-16(4)14(9-17)10-18/h7-8,14,18H,5-6,9-10H2,1-4H3. The number of aliphatic hydroxyl groups is 1. The smallest absolute Gasteiger partial charge is 0.0604 e. The van der Waals surface area contributed by atoms with Crippen molar-refractivity contribution in [3.8, 4) is 0 Å². The van der Waals surface area contributed by atoms with E-state index in [4.69, 9.17) is 0 Å². The third-order valence-corrected chi connectivity index (χ3v) is 3.94. The summed E-state index contributed by atoms with van der Waals surface area (Å²) in [7, 11) is 2.09. The third kappa shape index (κ3) is 2.52. The number of hydrogen-bond acceptors (Lipinski definition) is 3. The molecule has 1 aliphatic heterocycles. The average Bonchev–Trinajstić information content (AvgIpc) is 2.30. The minimum Gasteiger partial charge on any atom is -0.395 e. The number of nitrogens with zero attached hydrogens (tertiary/aromatic N) is 2. The number of piperazine rings is 1. The van der Waals surface area contributed by atoms with Crippen LogP contribution in [0.3, 0.4) is 0 Å². The van der Waals surface area contributed by atoms with Crippen LogP contribution in [-0.2, 0) is 0 Å². The van der Waals surface area contributed by atoms with E-state index in [0.29, 0.717) is 0 Å². The van der Waals surface area contributed by atoms with E-state index in [2.05, 4.69) is 49.8 Å². The molecule has 1 N–H and O–H groups in total. The largest absolute Gasteiger partial charge is 0.395 e. The molecule has 0 saturated carbocycles. The van der Waals surface area contributed by atoms with E-state index in [9.17, 15) is 5.11 Å². The quantitative estimate of drug-likeness (QED) is 0.863. The van der Waals surface area contributed by atoms with Gasteiger partial charge < -0.3 is 10.0 Å². The lowest BCUT2D eigenvalue weighted by Crippen LogP contribution is -2.53. The van der Waals surface area contributed by atoms with Gasteiger partial charge >= 0.3 is 0 Å². The van der Waals surface area contributed by atoms with Crippen molar-refractivity contribution in [3.05, 3.63) is 28.8 Å². The molecule has 1 aromatic rings. The van der Waals surface area contributed by atoms with Gasteiger partial charge in [-0.25, -0.2) is 0 Å². The Labute approximate surface area is 110 Å². The first-order valence-electron chi connectivity index (χ1n) is 6.67. The molecule has 18 heavy (non-hydrogen) atoms. The Morgan fingerprint density at radius 1 is 1.17 bits per heavy atom. The molecule has 1 heterocycles. The first-order valence-corrected chi connectivity index (χ1v) is 6.67. The van der Waals surface area contributed by atoms with Crippen molar-refractivity contribution < 1.29 is 5.11 Å². The third-order valence-electron chi connectivity index (χ3n) is 3.94. The van der Waals surface area contributed by atoms with Gasteiger partial charge in [0.15, 0.2) is 0 Å². The molecular weight excluding hydrogens is 224 g/mol. The molecule has 1 unspecified atom stereocenters. The monoisotopic (exact) mass is 248 g/mol. The maximum Gasteiger partial charge on any atom is 0.0604 e. The van der Waals surface area contributed by atoms with Crippen LogP contribution in [-0.4, -0.2) is 49.3 Å². The van der Waals surface area contributed by atoms with Crippen molar-refractivity contribution in [2.75, 3.05) is 38.2 Å². The molecule has 1 aromatic carbocycles. The molecule has 1 saturated heterocycles. The fourth-order valence-electron chi connectivity index (χ4n) is 3.02. The number of hydrogen-bond donors (Lipinski definition) is 1. The van der Waals surface area contributed by atoms with E-state index >= 15 is 0 Å². The number of rotatable bonds is 2. The normalized spacial score (nSPS) is 21.4. The molecule has 0 radical (unpaired) electrons. The molecule has 100 valence electrons. The van der Waals surface area contributed by atoms with E-state index in [1.54, 1.807) is 0 Å². The van der Waals surface area contributed by atoms with Crippen LogP contribution in [0.15, 0.2) is 12.1 Å². The van der Waals surface area contributed by atoms with E-state index in [-0.39, 0.29) is 12.6 Å². The molecule has 1 atom stereocenters. The second-order valence-corrected chi connectivity index (χ2v) is 5.51. The lowest BCUT2D eigenvalue weighted by atomic mass is 10.0. The predicted molar refractivity (Wildman–Crippen MR) is 76.4 cm³/mol. The predicted octanol–water partition coefficient (Wildman–Crippen LogP) is 1.72. The molecule has 1 fully saturated rings. The topological polar surface area (TPSA) is 26.7 Å². The highest BCUT2D eigenvalue weighted by molar-refractivity contribution is 5.60. The first-order chi connectivity index (χ1) is 8.52. The van der Waals surface area contributed by atoms with Crippen molar-refractivity contribution in [1.82, 2.24) is 4.90 Å². The van der Waals surface area contributed by atoms with Crippen LogP contribution >= 0.6 is 0 Å². The summed E-state index contributed by atoms with van der Waals surface area (Å²) in [6, 6.07) is 4.74. The summed E-state index contributed by atoms with van der Waals surface area (Å²) in [5, 5.41) is 9.44. The highest BCUT2D eigenvalue weighted by Gasteiger charge is 2.25. The average molecular weight is 248 g/mol. The van der Waals surface area contributed by atoms with E-state index < -0.39 is 0 Å². The minimum absolute atomic E-state index is 0.233. The van der Waals surface area contributed by atoms with Gasteiger partial charge in [0.05, 0.1) is 12.6 Å². The van der Waals surface area contributed by atoms with Gasteiger partial charge in [0, 0.05) is 25.3 Å². The Morgan fingerprint density at radius 2 is 1.78 bits per heavy atom. The van der Waals surface area contributed by atoms with Crippen molar-refractivity contribution in [3.63, 3.8) is 0 Å². The maximum absolute atomic E-state index is 9.44. The summed E-state index contributed by atoms with van der Waals surface area (Å²) < 4.78 is 0. The number of aliphatic hydroxyl groups excluding tert-OH is 1. The van der Waals surface area contributed by atoms with Crippen molar-refractivity contribution in [2.24, 2.45) is 0 Å². The summed E-state index contributed by atoms with van der Waals surface area (Å²) in [6.07, 6.45) is 0. The summed E-state index contributed by atoms with van der Waals surface area (Å²) in [4.78, 5) is 4.67. The van der Waals surface area contributed by atoms with Gasteiger partial charge in [0.2, 0.25) is 0 Å². The van der Waals surface area contributed by atoms with Crippen LogP contribution in [0.2, 0.25) is 0 Å². The fourth-order valence-corrected chi connectivity index (χ4v) is 3.02. The van der Waals surface area contributed by atoms with Gasteiger partial charge in [0.1, 0.15) is 0 Å². The highest BCUT2D eigenvalue weighted by Crippen LogP contribution is 2.28. The Balaban J connectivity index is 2.27. The van der Waals surface area contributed by atoms with Crippen LogP contribution in [0.25, 0.3) is 0 Å². The second-order valence-electron chi connectivity index (χ2n) is 5.51. The van der Waals surface area contributed by atoms with Gasteiger partial charge in [0.25, 0.3) is 0 Å². The van der Waals surface area contributed by atoms with Crippen LogP contribution in [0.5, 0.6) is 0 Å².